The fourth-order valence-electron chi connectivity index (χ4n) is 3.27. The molecule has 0 aliphatic rings. The Bertz CT molecular complexity index is 1410. The van der Waals surface area contributed by atoms with E-state index in [2.05, 4.69) is 32.0 Å². The van der Waals surface area contributed by atoms with Gasteiger partial charge in [-0.15, -0.1) is 0 Å². The van der Waals surface area contributed by atoms with E-state index >= 15 is 0 Å². The molecule has 180 valence electrons. The van der Waals surface area contributed by atoms with E-state index in [1.165, 1.54) is 0 Å². The molecule has 0 saturated heterocycles. The topological polar surface area (TPSA) is 44.2 Å². The quantitative estimate of drug-likeness (QED) is 0.215. The summed E-state index contributed by atoms with van der Waals surface area (Å²) >= 11 is 9.37. The average Bonchev–Trinajstić information content (AvgIpc) is 2.89. The summed E-state index contributed by atoms with van der Waals surface area (Å²) in [5.41, 5.74) is 4.17. The van der Waals surface area contributed by atoms with Crippen LogP contribution >= 0.6 is 27.5 Å². The maximum Gasteiger partial charge on any atom is 0.233 e. The lowest BCUT2D eigenvalue weighted by atomic mass is 10.1. The predicted molar refractivity (Wildman–Crippen MR) is 149 cm³/mol. The number of nitrogens with zero attached hydrogens (tertiary/aromatic N) is 2. The van der Waals surface area contributed by atoms with Gasteiger partial charge >= 0.3 is 0 Å². The molecule has 0 spiro atoms. The minimum absolute atomic E-state index is 0.590. The summed E-state index contributed by atoms with van der Waals surface area (Å²) in [7, 11) is 0. The van der Waals surface area contributed by atoms with Crippen molar-refractivity contribution in [3.63, 3.8) is 0 Å². The number of rotatable bonds is 5. The zero-order chi connectivity index (χ0) is 25.3. The first-order chi connectivity index (χ1) is 17.5. The van der Waals surface area contributed by atoms with Gasteiger partial charge in [0, 0.05) is 23.0 Å². The van der Waals surface area contributed by atoms with Crippen LogP contribution in [0.2, 0.25) is 5.02 Å². The summed E-state index contributed by atoms with van der Waals surface area (Å²) in [5, 5.41) is 0.713. The van der Waals surface area contributed by atoms with Gasteiger partial charge in [-0.2, -0.15) is 0 Å². The van der Waals surface area contributed by atoms with Crippen LogP contribution in [0.5, 0.6) is 23.3 Å². The lowest BCUT2D eigenvalue weighted by Crippen LogP contribution is -1.92. The van der Waals surface area contributed by atoms with Crippen LogP contribution in [0.15, 0.2) is 114 Å². The zero-order valence-corrected chi connectivity index (χ0v) is 22.2. The first kappa shape index (κ1) is 25.4. The number of pyridine rings is 2. The van der Waals surface area contributed by atoms with Gasteiger partial charge in [-0.1, -0.05) is 60.1 Å². The van der Waals surface area contributed by atoms with E-state index in [1.807, 2.05) is 105 Å². The average molecular weight is 560 g/mol. The van der Waals surface area contributed by atoms with E-state index in [-0.39, 0.29) is 0 Å². The molecule has 0 unspecified atom stereocenters. The fraction of sp³-hybridized carbons (Fsp3) is 0.0667. The molecule has 2 heterocycles. The summed E-state index contributed by atoms with van der Waals surface area (Å²) in [5.74, 6) is 2.74. The second-order valence-corrected chi connectivity index (χ2v) is 9.29. The first-order valence-corrected chi connectivity index (χ1v) is 12.5. The second-order valence-electron chi connectivity index (χ2n) is 8.00. The molecular weight excluding hydrogens is 536 g/mol. The molecule has 0 fully saturated rings. The lowest BCUT2D eigenvalue weighted by molar-refractivity contribution is 0.459. The van der Waals surface area contributed by atoms with E-state index in [9.17, 15) is 0 Å². The van der Waals surface area contributed by atoms with Crippen LogP contribution in [0, 0.1) is 13.8 Å². The highest BCUT2D eigenvalue weighted by molar-refractivity contribution is 9.10. The first-order valence-electron chi connectivity index (χ1n) is 11.3. The van der Waals surface area contributed by atoms with Crippen LogP contribution in [0.25, 0.3) is 11.1 Å². The van der Waals surface area contributed by atoms with Crippen molar-refractivity contribution >= 4 is 27.5 Å². The second kappa shape index (κ2) is 12.3. The highest BCUT2D eigenvalue weighted by Gasteiger charge is 2.10. The van der Waals surface area contributed by atoms with Crippen LogP contribution < -0.4 is 9.47 Å². The number of aryl methyl sites for hydroxylation is 2. The Morgan fingerprint density at radius 1 is 0.639 bits per heavy atom. The molecule has 36 heavy (non-hydrogen) atoms. The van der Waals surface area contributed by atoms with E-state index in [0.717, 1.165) is 38.2 Å². The summed E-state index contributed by atoms with van der Waals surface area (Å²) in [6, 6.07) is 31.0. The minimum atomic E-state index is 0.590. The van der Waals surface area contributed by atoms with Crippen molar-refractivity contribution < 1.29 is 9.47 Å². The van der Waals surface area contributed by atoms with E-state index in [0.29, 0.717) is 16.8 Å². The van der Waals surface area contributed by atoms with Gasteiger partial charge in [0.1, 0.15) is 11.5 Å². The molecule has 0 atom stereocenters. The monoisotopic (exact) mass is 558 g/mol. The van der Waals surface area contributed by atoms with E-state index in [1.54, 1.807) is 12.4 Å². The highest BCUT2D eigenvalue weighted by atomic mass is 79.9. The van der Waals surface area contributed by atoms with Crippen molar-refractivity contribution in [1.82, 2.24) is 9.97 Å². The lowest BCUT2D eigenvalue weighted by Gasteiger charge is -2.11. The maximum atomic E-state index is 5.95. The normalized spacial score (nSPS) is 10.2. The molecule has 0 radical (unpaired) electrons. The summed E-state index contributed by atoms with van der Waals surface area (Å²) in [6.45, 7) is 4.00. The molecule has 0 bridgehead atoms. The molecule has 4 nitrogen and oxygen atoms in total. The third-order valence-electron chi connectivity index (χ3n) is 5.00. The zero-order valence-electron chi connectivity index (χ0n) is 19.9. The summed E-state index contributed by atoms with van der Waals surface area (Å²) < 4.78 is 12.4. The van der Waals surface area contributed by atoms with E-state index in [4.69, 9.17) is 21.1 Å². The van der Waals surface area contributed by atoms with Crippen molar-refractivity contribution in [3.8, 4) is 34.4 Å². The van der Waals surface area contributed by atoms with Gasteiger partial charge in [-0.05, 0) is 95.0 Å². The molecular formula is C30H24BrClN2O2. The molecule has 0 amide bonds. The maximum absolute atomic E-state index is 5.95. The molecule has 0 aliphatic carbocycles. The number of para-hydroxylation sites is 2. The highest BCUT2D eigenvalue weighted by Crippen LogP contribution is 2.33. The van der Waals surface area contributed by atoms with Gasteiger partial charge < -0.3 is 9.47 Å². The van der Waals surface area contributed by atoms with Crippen molar-refractivity contribution in [2.24, 2.45) is 0 Å². The van der Waals surface area contributed by atoms with Crippen molar-refractivity contribution in [2.45, 2.75) is 13.8 Å². The smallest absolute Gasteiger partial charge is 0.233 e. The Morgan fingerprint density at radius 3 is 1.69 bits per heavy atom. The van der Waals surface area contributed by atoms with Crippen molar-refractivity contribution in [3.05, 3.63) is 130 Å². The minimum Gasteiger partial charge on any atom is -0.438 e. The van der Waals surface area contributed by atoms with Gasteiger partial charge in [-0.3, -0.25) is 0 Å². The third-order valence-corrected chi connectivity index (χ3v) is 5.82. The Hall–Kier alpha value is -3.67. The van der Waals surface area contributed by atoms with Crippen LogP contribution in [-0.4, -0.2) is 9.97 Å². The van der Waals surface area contributed by atoms with Crippen molar-refractivity contribution in [1.29, 1.82) is 0 Å². The Labute approximate surface area is 224 Å². The summed E-state index contributed by atoms with van der Waals surface area (Å²) in [6.07, 6.45) is 3.58. The number of hydrogen-bond donors (Lipinski definition) is 0. The molecule has 0 saturated carbocycles. The van der Waals surface area contributed by atoms with Gasteiger partial charge in [0.05, 0.1) is 4.47 Å². The van der Waals surface area contributed by atoms with Gasteiger partial charge in [0.15, 0.2) is 0 Å². The molecule has 5 aromatic rings. The van der Waals surface area contributed by atoms with Crippen LogP contribution in [0.3, 0.4) is 0 Å². The van der Waals surface area contributed by atoms with Crippen LogP contribution in [0.4, 0.5) is 0 Å². The molecule has 6 heteroatoms. The van der Waals surface area contributed by atoms with Gasteiger partial charge in [-0.25, -0.2) is 9.97 Å². The number of benzene rings is 3. The number of ether oxygens (including phenoxy) is 2. The molecule has 2 aromatic heterocycles. The Morgan fingerprint density at radius 2 is 1.14 bits per heavy atom. The van der Waals surface area contributed by atoms with Crippen LogP contribution in [-0.2, 0) is 0 Å². The number of halogens is 2. The largest absolute Gasteiger partial charge is 0.438 e. The van der Waals surface area contributed by atoms with E-state index < -0.39 is 0 Å². The van der Waals surface area contributed by atoms with Gasteiger partial charge in [0.2, 0.25) is 11.8 Å². The molecule has 3 aromatic carbocycles. The third kappa shape index (κ3) is 7.17. The van der Waals surface area contributed by atoms with Crippen molar-refractivity contribution in [2.75, 3.05) is 0 Å². The standard InChI is InChI=1S/C18H14ClNO.C12H10BrNO/c1-13-11-17(14-7-9-15(19)10-8-14)18(20-12-13)21-16-5-3-2-4-6-16;1-9-7-11(13)12(14-8-9)15-10-5-3-2-4-6-10/h2-12H,1H3;2-8H,1H3. The molecule has 5 rings (SSSR count). The summed E-state index contributed by atoms with van der Waals surface area (Å²) in [4.78, 5) is 8.62. The number of aromatic nitrogens is 2. The molecule has 0 aliphatic heterocycles. The fourth-order valence-corrected chi connectivity index (χ4v) is 3.94. The SMILES string of the molecule is Cc1cnc(Oc2ccccc2)c(-c2ccc(Cl)cc2)c1.Cc1cnc(Oc2ccccc2)c(Br)c1. The predicted octanol–water partition coefficient (Wildman–Crippen LogP) is 9.45. The van der Waals surface area contributed by atoms with Crippen LogP contribution in [0.1, 0.15) is 11.1 Å². The number of hydrogen-bond acceptors (Lipinski definition) is 4. The van der Waals surface area contributed by atoms with Gasteiger partial charge in [0.25, 0.3) is 0 Å². The Kier molecular flexibility index (Phi) is 8.71. The Balaban J connectivity index is 0.000000179. The molecule has 0 N–H and O–H groups in total.